The maximum atomic E-state index is 13.9. The molecule has 3 heterocycles. The van der Waals surface area contributed by atoms with Crippen LogP contribution in [-0.2, 0) is 0 Å². The number of H-pyrrole nitrogens is 1. The van der Waals surface area contributed by atoms with Gasteiger partial charge < -0.3 is 4.98 Å². The summed E-state index contributed by atoms with van der Waals surface area (Å²) >= 11 is 0. The van der Waals surface area contributed by atoms with Gasteiger partial charge in [0.2, 0.25) is 0 Å². The molecule has 2 aliphatic rings. The number of imide groups is 1. The van der Waals surface area contributed by atoms with Crippen LogP contribution >= 0.6 is 0 Å². The summed E-state index contributed by atoms with van der Waals surface area (Å²) in [4.78, 5) is 31.5. The van der Waals surface area contributed by atoms with Crippen LogP contribution in [0.5, 0.6) is 0 Å². The van der Waals surface area contributed by atoms with Gasteiger partial charge in [-0.25, -0.2) is 8.78 Å². The number of nitrogens with zero attached hydrogens (tertiary/aromatic N) is 2. The molecule has 164 valence electrons. The van der Waals surface area contributed by atoms with Crippen LogP contribution in [0.1, 0.15) is 45.5 Å². The van der Waals surface area contributed by atoms with Crippen molar-refractivity contribution in [3.05, 3.63) is 77.0 Å². The summed E-state index contributed by atoms with van der Waals surface area (Å²) in [5.41, 5.74) is 3.24. The van der Waals surface area contributed by atoms with Gasteiger partial charge in [0.15, 0.2) is 0 Å². The third kappa shape index (κ3) is 3.62. The Labute approximate surface area is 184 Å². The summed E-state index contributed by atoms with van der Waals surface area (Å²) in [5.74, 6) is -1.83. The predicted molar refractivity (Wildman–Crippen MR) is 118 cm³/mol. The minimum absolute atomic E-state index is 0.108. The lowest BCUT2D eigenvalue weighted by atomic mass is 9.98. The van der Waals surface area contributed by atoms with E-state index in [1.54, 1.807) is 12.1 Å². The molecule has 0 fully saturated rings. The van der Waals surface area contributed by atoms with Crippen LogP contribution < -0.4 is 0 Å². The van der Waals surface area contributed by atoms with Gasteiger partial charge >= 0.3 is 0 Å². The van der Waals surface area contributed by atoms with Crippen molar-refractivity contribution in [2.75, 3.05) is 26.2 Å². The zero-order valence-electron chi connectivity index (χ0n) is 17.5. The molecule has 1 N–H and O–H groups in total. The summed E-state index contributed by atoms with van der Waals surface area (Å²) in [6.45, 7) is 2.84. The molecule has 5 rings (SSSR count). The van der Waals surface area contributed by atoms with Gasteiger partial charge in [-0.3, -0.25) is 19.4 Å². The topological polar surface area (TPSA) is 56.4 Å². The Bertz CT molecular complexity index is 1250. The molecule has 2 aliphatic heterocycles. The van der Waals surface area contributed by atoms with Crippen molar-refractivity contribution in [1.29, 1.82) is 0 Å². The number of fused-ring (bicyclic) bond motifs is 2. The van der Waals surface area contributed by atoms with Crippen molar-refractivity contribution >= 4 is 28.3 Å². The van der Waals surface area contributed by atoms with E-state index >= 15 is 0 Å². The summed E-state index contributed by atoms with van der Waals surface area (Å²) in [6, 6.07) is 8.94. The van der Waals surface area contributed by atoms with E-state index in [-0.39, 0.29) is 16.9 Å². The Balaban J connectivity index is 1.14. The number of halogens is 2. The molecule has 0 saturated carbocycles. The molecule has 0 spiro atoms. The number of amides is 2. The average molecular weight is 435 g/mol. The molecule has 0 saturated heterocycles. The van der Waals surface area contributed by atoms with E-state index < -0.39 is 17.6 Å². The molecule has 0 unspecified atom stereocenters. The predicted octanol–water partition coefficient (Wildman–Crippen LogP) is 4.61. The van der Waals surface area contributed by atoms with Crippen LogP contribution in [-0.4, -0.2) is 52.8 Å². The van der Waals surface area contributed by atoms with Crippen molar-refractivity contribution in [1.82, 2.24) is 14.8 Å². The normalized spacial score (nSPS) is 16.7. The number of hydrogen-bond donors (Lipinski definition) is 1. The second-order valence-electron chi connectivity index (χ2n) is 8.30. The molecule has 0 atom stereocenters. The molecule has 32 heavy (non-hydrogen) atoms. The van der Waals surface area contributed by atoms with Crippen LogP contribution in [0, 0.1) is 11.6 Å². The molecule has 3 aromatic rings. The average Bonchev–Trinajstić information content (AvgIpc) is 3.31. The number of aromatic amines is 1. The maximum absolute atomic E-state index is 13.9. The van der Waals surface area contributed by atoms with E-state index in [1.807, 2.05) is 6.20 Å². The number of hydrogen-bond acceptors (Lipinski definition) is 3. The number of aromatic nitrogens is 1. The number of nitrogens with one attached hydrogen (secondary N) is 1. The Hall–Kier alpha value is -3.32. The van der Waals surface area contributed by atoms with Crippen molar-refractivity contribution in [2.45, 2.75) is 19.3 Å². The molecule has 0 aliphatic carbocycles. The van der Waals surface area contributed by atoms with Gasteiger partial charge in [0.05, 0.1) is 11.1 Å². The minimum Gasteiger partial charge on any atom is -0.361 e. The number of carbonyl (C=O) groups excluding carboxylic acids is 2. The van der Waals surface area contributed by atoms with E-state index in [1.165, 1.54) is 29.8 Å². The standard InChI is InChI=1S/C25H23F2N3O2/c26-17-6-7-22-19(14-17)20(15-28-22)16-8-12-29(13-9-16)10-1-2-11-30-24(31)18-4-3-5-21(27)23(18)25(30)32/h3-8,14-15,28H,1-2,9-13H2. The van der Waals surface area contributed by atoms with Crippen molar-refractivity contribution in [3.63, 3.8) is 0 Å². The first kappa shape index (κ1) is 20.6. The largest absolute Gasteiger partial charge is 0.361 e. The highest BCUT2D eigenvalue weighted by molar-refractivity contribution is 6.21. The number of benzene rings is 2. The molecule has 2 aromatic carbocycles. The van der Waals surface area contributed by atoms with Crippen molar-refractivity contribution in [3.8, 4) is 0 Å². The lowest BCUT2D eigenvalue weighted by molar-refractivity contribution is 0.0649. The van der Waals surface area contributed by atoms with Crippen LogP contribution in [0.4, 0.5) is 8.78 Å². The molecular formula is C25H23F2N3O2. The minimum atomic E-state index is -0.641. The Morgan fingerprint density at radius 1 is 0.969 bits per heavy atom. The van der Waals surface area contributed by atoms with Crippen LogP contribution in [0.2, 0.25) is 0 Å². The van der Waals surface area contributed by atoms with Gasteiger partial charge in [0.1, 0.15) is 11.6 Å². The smallest absolute Gasteiger partial charge is 0.264 e. The molecule has 0 radical (unpaired) electrons. The molecule has 0 bridgehead atoms. The van der Waals surface area contributed by atoms with Gasteiger partial charge in [0, 0.05) is 42.3 Å². The van der Waals surface area contributed by atoms with Gasteiger partial charge in [0.25, 0.3) is 11.8 Å². The third-order valence-corrected chi connectivity index (χ3v) is 6.34. The summed E-state index contributed by atoms with van der Waals surface area (Å²) in [7, 11) is 0. The lowest BCUT2D eigenvalue weighted by Crippen LogP contribution is -2.32. The summed E-state index contributed by atoms with van der Waals surface area (Å²) in [5, 5.41) is 0.905. The molecular weight excluding hydrogens is 412 g/mol. The van der Waals surface area contributed by atoms with Gasteiger partial charge in [-0.15, -0.1) is 0 Å². The first-order valence-corrected chi connectivity index (χ1v) is 10.9. The summed E-state index contributed by atoms with van der Waals surface area (Å²) < 4.78 is 27.6. The fraction of sp³-hybridized carbons (Fsp3) is 0.280. The molecule has 2 amide bonds. The summed E-state index contributed by atoms with van der Waals surface area (Å²) in [6.07, 6.45) is 6.50. The number of unbranched alkanes of at least 4 members (excludes halogenated alkanes) is 1. The van der Waals surface area contributed by atoms with Gasteiger partial charge in [-0.05, 0) is 61.7 Å². The fourth-order valence-electron chi connectivity index (χ4n) is 4.62. The SMILES string of the molecule is O=C1c2cccc(F)c2C(=O)N1CCCCN1CC=C(c2c[nH]c3ccc(F)cc23)CC1. The second-order valence-corrected chi connectivity index (χ2v) is 8.30. The van der Waals surface area contributed by atoms with E-state index in [9.17, 15) is 18.4 Å². The monoisotopic (exact) mass is 435 g/mol. The Morgan fingerprint density at radius 2 is 1.81 bits per heavy atom. The highest BCUT2D eigenvalue weighted by atomic mass is 19.1. The third-order valence-electron chi connectivity index (χ3n) is 6.34. The molecule has 5 nitrogen and oxygen atoms in total. The van der Waals surface area contributed by atoms with E-state index in [4.69, 9.17) is 0 Å². The van der Waals surface area contributed by atoms with Gasteiger partial charge in [-0.2, -0.15) is 0 Å². The number of rotatable bonds is 6. The fourth-order valence-corrected chi connectivity index (χ4v) is 4.62. The zero-order valence-corrected chi connectivity index (χ0v) is 17.5. The van der Waals surface area contributed by atoms with E-state index in [2.05, 4.69) is 16.0 Å². The molecule has 7 heteroatoms. The van der Waals surface area contributed by atoms with Crippen LogP contribution in [0.25, 0.3) is 16.5 Å². The van der Waals surface area contributed by atoms with E-state index in [0.29, 0.717) is 13.0 Å². The number of carbonyl (C=O) groups is 2. The second kappa shape index (κ2) is 8.31. The quantitative estimate of drug-likeness (QED) is 0.454. The van der Waals surface area contributed by atoms with E-state index in [0.717, 1.165) is 53.8 Å². The van der Waals surface area contributed by atoms with Gasteiger partial charge in [-0.1, -0.05) is 12.1 Å². The van der Waals surface area contributed by atoms with Crippen molar-refractivity contribution in [2.24, 2.45) is 0 Å². The zero-order chi connectivity index (χ0) is 22.2. The van der Waals surface area contributed by atoms with Crippen LogP contribution in [0.15, 0.2) is 48.7 Å². The first-order valence-electron chi connectivity index (χ1n) is 10.9. The lowest BCUT2D eigenvalue weighted by Gasteiger charge is -2.26. The molecule has 1 aromatic heterocycles. The maximum Gasteiger partial charge on any atom is 0.264 e. The van der Waals surface area contributed by atoms with Crippen molar-refractivity contribution < 1.29 is 18.4 Å². The van der Waals surface area contributed by atoms with Crippen LogP contribution in [0.3, 0.4) is 0 Å². The highest BCUT2D eigenvalue weighted by Crippen LogP contribution is 2.30. The first-order chi connectivity index (χ1) is 15.5. The Morgan fingerprint density at radius 3 is 2.59 bits per heavy atom. The Kier molecular flexibility index (Phi) is 5.35. The highest BCUT2D eigenvalue weighted by Gasteiger charge is 2.37.